The number of nitrogens with zero attached hydrogens (tertiary/aromatic N) is 3. The molecule has 1 aromatic heterocycles. The number of rotatable bonds is 5. The first kappa shape index (κ1) is 14.2. The Morgan fingerprint density at radius 1 is 1.47 bits per heavy atom. The third-order valence-electron chi connectivity index (χ3n) is 3.01. The first-order chi connectivity index (χ1) is 8.94. The van der Waals surface area contributed by atoms with E-state index >= 15 is 0 Å². The molecule has 0 spiro atoms. The molecule has 1 aliphatic rings. The van der Waals surface area contributed by atoms with Gasteiger partial charge in [0, 0.05) is 54.4 Å². The zero-order valence-corrected chi connectivity index (χ0v) is 11.8. The highest BCUT2D eigenvalue weighted by Crippen LogP contribution is 2.20. The van der Waals surface area contributed by atoms with Crippen LogP contribution in [0.4, 0.5) is 0 Å². The van der Waals surface area contributed by atoms with E-state index in [1.54, 1.807) is 17.2 Å². The average molecular weight is 304 g/mol. The van der Waals surface area contributed by atoms with Crippen molar-refractivity contribution in [3.05, 3.63) is 24.3 Å². The lowest BCUT2D eigenvalue weighted by molar-refractivity contribution is -0.127. The van der Waals surface area contributed by atoms with Crippen LogP contribution in [0.2, 0.25) is 0 Å². The van der Waals surface area contributed by atoms with Gasteiger partial charge in [0.2, 0.25) is 15.0 Å². The average Bonchev–Trinajstić information content (AvgIpc) is 2.66. The summed E-state index contributed by atoms with van der Waals surface area (Å²) in [5.41, 5.74) is 0.858. The Labute approximate surface area is 116 Å². The molecule has 1 amide bonds. The van der Waals surface area contributed by atoms with Gasteiger partial charge in [-0.1, -0.05) is 0 Å². The Bertz CT molecular complexity index is 550. The van der Waals surface area contributed by atoms with Crippen molar-refractivity contribution in [2.75, 3.05) is 18.8 Å². The Morgan fingerprint density at radius 3 is 2.89 bits per heavy atom. The van der Waals surface area contributed by atoms with Crippen LogP contribution in [0.5, 0.6) is 0 Å². The minimum atomic E-state index is -3.55. The van der Waals surface area contributed by atoms with Gasteiger partial charge in [0.15, 0.2) is 0 Å². The second kappa shape index (κ2) is 5.83. The number of carbonyl (C=O) groups excluding carboxylic acids is 1. The van der Waals surface area contributed by atoms with Crippen molar-refractivity contribution in [3.8, 4) is 0 Å². The molecule has 1 aromatic rings. The third kappa shape index (κ3) is 4.43. The minimum absolute atomic E-state index is 0.0284. The predicted octanol–water partition coefficient (Wildman–Crippen LogP) is 0.436. The summed E-state index contributed by atoms with van der Waals surface area (Å²) < 4.78 is 22.0. The molecule has 1 saturated heterocycles. The van der Waals surface area contributed by atoms with Crippen molar-refractivity contribution in [2.45, 2.75) is 12.8 Å². The van der Waals surface area contributed by atoms with Crippen molar-refractivity contribution in [1.82, 2.24) is 14.9 Å². The third-order valence-corrected chi connectivity index (χ3v) is 4.26. The molecule has 0 bridgehead atoms. The molecule has 0 saturated carbocycles. The van der Waals surface area contributed by atoms with Crippen LogP contribution < -0.4 is 0 Å². The van der Waals surface area contributed by atoms with E-state index in [-0.39, 0.29) is 24.0 Å². The number of carbonyl (C=O) groups is 1. The molecule has 1 unspecified atom stereocenters. The minimum Gasteiger partial charge on any atom is -0.342 e. The van der Waals surface area contributed by atoms with Crippen LogP contribution in [-0.4, -0.2) is 48.0 Å². The Balaban J connectivity index is 1.87. The fourth-order valence-corrected chi connectivity index (χ4v) is 3.50. The SMILES string of the molecule is O=C1CC(CS(=O)(=O)Cl)CN1CCc1ccncn1. The molecule has 0 radical (unpaired) electrons. The summed E-state index contributed by atoms with van der Waals surface area (Å²) in [5, 5.41) is 0. The molecule has 6 nitrogen and oxygen atoms in total. The standard InChI is InChI=1S/C11H14ClN3O3S/c12-19(17,18)7-9-5-11(16)15(6-9)4-2-10-1-3-13-8-14-10/h1,3,8-9H,2,4-7H2. The summed E-state index contributed by atoms with van der Waals surface area (Å²) in [6, 6.07) is 1.79. The summed E-state index contributed by atoms with van der Waals surface area (Å²) in [6.07, 6.45) is 3.99. The molecular weight excluding hydrogens is 290 g/mol. The number of halogens is 1. The van der Waals surface area contributed by atoms with E-state index in [1.165, 1.54) is 6.33 Å². The van der Waals surface area contributed by atoms with Crippen LogP contribution in [0, 0.1) is 5.92 Å². The van der Waals surface area contributed by atoms with E-state index in [1.807, 2.05) is 0 Å². The summed E-state index contributed by atoms with van der Waals surface area (Å²) in [7, 11) is 1.66. The van der Waals surface area contributed by atoms with Crippen molar-refractivity contribution in [2.24, 2.45) is 5.92 Å². The largest absolute Gasteiger partial charge is 0.342 e. The van der Waals surface area contributed by atoms with Crippen molar-refractivity contribution < 1.29 is 13.2 Å². The molecule has 19 heavy (non-hydrogen) atoms. The van der Waals surface area contributed by atoms with E-state index in [4.69, 9.17) is 10.7 Å². The van der Waals surface area contributed by atoms with Crippen LogP contribution in [0.25, 0.3) is 0 Å². The molecule has 0 aromatic carbocycles. The van der Waals surface area contributed by atoms with Crippen LogP contribution >= 0.6 is 10.7 Å². The Kier molecular flexibility index (Phi) is 4.36. The van der Waals surface area contributed by atoms with Crippen LogP contribution in [-0.2, 0) is 20.3 Å². The van der Waals surface area contributed by atoms with E-state index in [0.29, 0.717) is 19.5 Å². The topological polar surface area (TPSA) is 80.2 Å². The highest BCUT2D eigenvalue weighted by atomic mass is 35.7. The Morgan fingerprint density at radius 2 is 2.26 bits per heavy atom. The summed E-state index contributed by atoms with van der Waals surface area (Å²) in [5.74, 6) is -0.385. The first-order valence-electron chi connectivity index (χ1n) is 5.89. The zero-order chi connectivity index (χ0) is 13.9. The second-order valence-electron chi connectivity index (χ2n) is 4.57. The second-order valence-corrected chi connectivity index (χ2v) is 7.39. The molecule has 2 heterocycles. The number of amides is 1. The van der Waals surface area contributed by atoms with Gasteiger partial charge in [-0.15, -0.1) is 0 Å². The van der Waals surface area contributed by atoms with Gasteiger partial charge in [-0.2, -0.15) is 0 Å². The van der Waals surface area contributed by atoms with Crippen LogP contribution in [0.1, 0.15) is 12.1 Å². The molecule has 8 heteroatoms. The Hall–Kier alpha value is -1.21. The maximum absolute atomic E-state index is 11.7. The maximum atomic E-state index is 11.7. The molecule has 2 rings (SSSR count). The van der Waals surface area contributed by atoms with Crippen molar-refractivity contribution in [3.63, 3.8) is 0 Å². The van der Waals surface area contributed by atoms with E-state index in [2.05, 4.69) is 9.97 Å². The lowest BCUT2D eigenvalue weighted by Crippen LogP contribution is -2.28. The van der Waals surface area contributed by atoms with Gasteiger partial charge in [-0.25, -0.2) is 18.4 Å². The molecular formula is C11H14ClN3O3S. The fourth-order valence-electron chi connectivity index (χ4n) is 2.18. The van der Waals surface area contributed by atoms with Gasteiger partial charge in [-0.3, -0.25) is 4.79 Å². The van der Waals surface area contributed by atoms with Crippen LogP contribution in [0.15, 0.2) is 18.6 Å². The van der Waals surface area contributed by atoms with E-state index < -0.39 is 9.05 Å². The highest BCUT2D eigenvalue weighted by Gasteiger charge is 2.31. The van der Waals surface area contributed by atoms with Gasteiger partial charge in [0.05, 0.1) is 5.75 Å². The smallest absolute Gasteiger partial charge is 0.232 e. The molecule has 0 aliphatic carbocycles. The molecule has 0 N–H and O–H groups in total. The summed E-state index contributed by atoms with van der Waals surface area (Å²) in [4.78, 5) is 21.3. The van der Waals surface area contributed by atoms with Gasteiger partial charge in [0.25, 0.3) is 0 Å². The van der Waals surface area contributed by atoms with E-state index in [0.717, 1.165) is 5.69 Å². The van der Waals surface area contributed by atoms with E-state index in [9.17, 15) is 13.2 Å². The predicted molar refractivity (Wildman–Crippen MR) is 70.1 cm³/mol. The molecule has 1 fully saturated rings. The van der Waals surface area contributed by atoms with Crippen molar-refractivity contribution >= 4 is 25.6 Å². The summed E-state index contributed by atoms with van der Waals surface area (Å²) >= 11 is 0. The van der Waals surface area contributed by atoms with Crippen LogP contribution in [0.3, 0.4) is 0 Å². The number of hydrogen-bond acceptors (Lipinski definition) is 5. The van der Waals surface area contributed by atoms with Crippen molar-refractivity contribution in [1.29, 1.82) is 0 Å². The normalized spacial score (nSPS) is 19.9. The quantitative estimate of drug-likeness (QED) is 0.737. The maximum Gasteiger partial charge on any atom is 0.232 e. The molecule has 1 aliphatic heterocycles. The number of hydrogen-bond donors (Lipinski definition) is 0. The first-order valence-corrected chi connectivity index (χ1v) is 8.37. The lowest BCUT2D eigenvalue weighted by atomic mass is 10.1. The molecule has 104 valence electrons. The highest BCUT2D eigenvalue weighted by molar-refractivity contribution is 8.13. The molecule has 1 atom stereocenters. The lowest BCUT2D eigenvalue weighted by Gasteiger charge is -2.15. The van der Waals surface area contributed by atoms with Gasteiger partial charge in [0.1, 0.15) is 6.33 Å². The van der Waals surface area contributed by atoms with Gasteiger partial charge < -0.3 is 4.90 Å². The monoisotopic (exact) mass is 303 g/mol. The number of likely N-dealkylation sites (tertiary alicyclic amines) is 1. The van der Waals surface area contributed by atoms with Gasteiger partial charge >= 0.3 is 0 Å². The van der Waals surface area contributed by atoms with Gasteiger partial charge in [-0.05, 0) is 6.07 Å². The zero-order valence-electron chi connectivity index (χ0n) is 10.2. The summed E-state index contributed by atoms with van der Waals surface area (Å²) in [6.45, 7) is 0.977. The number of aromatic nitrogens is 2. The fraction of sp³-hybridized carbons (Fsp3) is 0.545.